The predicted octanol–water partition coefficient (Wildman–Crippen LogP) is 9.48. The Bertz CT molecular complexity index is 609. The molecule has 3 heteroatoms. The Morgan fingerprint density at radius 3 is 0.567 bits per heavy atom. The Morgan fingerprint density at radius 2 is 0.533 bits per heavy atom. The predicted molar refractivity (Wildman–Crippen MR) is 142 cm³/mol. The van der Waals surface area contributed by atoms with Crippen LogP contribution in [0.15, 0.2) is 44.6 Å². The maximum Gasteiger partial charge on any atom is 0.0226 e. The molecule has 0 aromatic heterocycles. The first kappa shape index (κ1) is 32.8. The summed E-state index contributed by atoms with van der Waals surface area (Å²) in [6, 6.07) is 0. The fraction of sp³-hybridized carbons (Fsp3) is 0.593. The van der Waals surface area contributed by atoms with Crippen molar-refractivity contribution in [2.75, 3.05) is 0 Å². The van der Waals surface area contributed by atoms with Gasteiger partial charge in [0.05, 0.1) is 0 Å². The van der Waals surface area contributed by atoms with Gasteiger partial charge in [-0.05, 0) is 77.7 Å². The van der Waals surface area contributed by atoms with Gasteiger partial charge in [-0.25, -0.2) is 0 Å². The van der Waals surface area contributed by atoms with E-state index in [1.807, 2.05) is 0 Å². The van der Waals surface area contributed by atoms with Crippen LogP contribution in [0.1, 0.15) is 69.2 Å². The maximum absolute atomic E-state index is 2.65. The molecule has 3 radical (unpaired) electrons. The van der Waals surface area contributed by atoms with Crippen molar-refractivity contribution in [3.8, 4) is 0 Å². The van der Waals surface area contributed by atoms with Gasteiger partial charge in [0.2, 0.25) is 0 Å². The number of rotatable bonds is 2. The van der Waals surface area contributed by atoms with Crippen molar-refractivity contribution < 1.29 is 36.9 Å². The average Bonchev–Trinajstić information content (AvgIpc) is 2.83. The fourth-order valence-corrected chi connectivity index (χ4v) is 14.5. The molecule has 0 aromatic rings. The van der Waals surface area contributed by atoms with Gasteiger partial charge in [0, 0.05) is 48.7 Å². The summed E-state index contributed by atoms with van der Waals surface area (Å²) in [6.45, 7) is 36.4. The largest absolute Gasteiger partial charge is 0.327 e. The molecular formula is C27H49LuSi2-. The Hall–Kier alpha value is 0.628. The van der Waals surface area contributed by atoms with E-state index in [2.05, 4.69) is 114 Å². The minimum atomic E-state index is -0.856. The summed E-state index contributed by atoms with van der Waals surface area (Å²) >= 11 is 0. The Kier molecular flexibility index (Phi) is 13.9. The van der Waals surface area contributed by atoms with E-state index < -0.39 is 16.1 Å². The number of hydrogen-bond donors (Lipinski definition) is 0. The molecule has 0 aliphatic heterocycles. The van der Waals surface area contributed by atoms with Gasteiger partial charge >= 0.3 is 0 Å². The first-order valence-corrected chi connectivity index (χ1v) is 18.2. The normalized spacial score (nSPS) is 18.4. The van der Waals surface area contributed by atoms with E-state index in [0.29, 0.717) is 0 Å². The Balaban J connectivity index is 0. The van der Waals surface area contributed by atoms with Crippen LogP contribution in [-0.4, -0.2) is 16.1 Å². The van der Waals surface area contributed by atoms with Gasteiger partial charge in [0.1, 0.15) is 0 Å². The molecule has 0 saturated heterocycles. The van der Waals surface area contributed by atoms with Crippen LogP contribution in [0.25, 0.3) is 0 Å². The van der Waals surface area contributed by atoms with E-state index in [-0.39, 0.29) is 36.9 Å². The number of allylic oxidation sites excluding steroid dienone is 8. The van der Waals surface area contributed by atoms with Gasteiger partial charge in [0.25, 0.3) is 0 Å². The molecule has 0 fully saturated rings. The second-order valence-corrected chi connectivity index (χ2v) is 21.7. The molecule has 0 aromatic carbocycles. The summed E-state index contributed by atoms with van der Waals surface area (Å²) < 4.78 is 0. The molecule has 2 aliphatic rings. The fourth-order valence-electron chi connectivity index (χ4n) is 4.11. The summed E-state index contributed by atoms with van der Waals surface area (Å²) in [5.41, 5.74) is 14.4. The third-order valence-electron chi connectivity index (χ3n) is 6.49. The number of hydrogen-bond acceptors (Lipinski definition) is 0. The van der Waals surface area contributed by atoms with Gasteiger partial charge < -0.3 is 5.67 Å². The first-order valence-electron chi connectivity index (χ1n) is 11.1. The average molecular weight is 605 g/mol. The van der Waals surface area contributed by atoms with Crippen molar-refractivity contribution >= 4 is 16.1 Å². The summed E-state index contributed by atoms with van der Waals surface area (Å²) in [7, 11) is -1.71. The Morgan fingerprint density at radius 1 is 0.367 bits per heavy atom. The van der Waals surface area contributed by atoms with Crippen LogP contribution in [0.2, 0.25) is 39.3 Å². The first-order chi connectivity index (χ1) is 12.8. The van der Waals surface area contributed by atoms with E-state index in [0.717, 1.165) is 0 Å². The van der Waals surface area contributed by atoms with Crippen molar-refractivity contribution in [2.24, 2.45) is 0 Å². The zero-order valence-electron chi connectivity index (χ0n) is 22.8. The minimum Gasteiger partial charge on any atom is -0.327 e. The molecule has 0 saturated carbocycles. The second kappa shape index (κ2) is 12.8. The summed E-state index contributed by atoms with van der Waals surface area (Å²) in [5.74, 6) is 2.94. The molecule has 0 N–H and O–H groups in total. The quantitative estimate of drug-likeness (QED) is 0.218. The SMILES string of the molecule is C[C]1C(C)=C(C)C(C)=C1C.C[C]1C(C)=C(C)C(C)=C1C.C[Si](C)(C)[CH-][Si](C)(C)C.[Lu]. The van der Waals surface area contributed by atoms with Crippen molar-refractivity contribution in [3.05, 3.63) is 62.1 Å². The standard InChI is InChI=1S/2C10H15.C7H19Si2.Lu/c2*1-6-7(2)9(4)10(5)8(6)3;1-8(2,3)7-9(4,5)6;/h2*1-5H3;7H,1-6H3;/q;;-1;. The van der Waals surface area contributed by atoms with E-state index in [4.69, 9.17) is 0 Å². The van der Waals surface area contributed by atoms with Gasteiger partial charge in [0.15, 0.2) is 0 Å². The van der Waals surface area contributed by atoms with Crippen LogP contribution in [0, 0.1) is 54.4 Å². The molecule has 0 spiro atoms. The van der Waals surface area contributed by atoms with Crippen LogP contribution in [-0.2, 0) is 0 Å². The third kappa shape index (κ3) is 10.1. The van der Waals surface area contributed by atoms with Crippen LogP contribution in [0.4, 0.5) is 0 Å². The van der Waals surface area contributed by atoms with Crippen molar-refractivity contribution in [1.82, 2.24) is 0 Å². The van der Waals surface area contributed by atoms with E-state index in [1.54, 1.807) is 0 Å². The van der Waals surface area contributed by atoms with Gasteiger partial charge in [-0.15, -0.1) is 16.1 Å². The molecule has 0 nitrogen and oxygen atoms in total. The Labute approximate surface area is 222 Å². The molecule has 2 rings (SSSR count). The molecule has 0 atom stereocenters. The molecule has 30 heavy (non-hydrogen) atoms. The zero-order chi connectivity index (χ0) is 23.5. The topological polar surface area (TPSA) is 0 Å². The molecule has 0 heterocycles. The van der Waals surface area contributed by atoms with Gasteiger partial charge in [-0.2, -0.15) is 0 Å². The van der Waals surface area contributed by atoms with Crippen molar-refractivity contribution in [2.45, 2.75) is 109 Å². The minimum absolute atomic E-state index is 0. The van der Waals surface area contributed by atoms with Gasteiger partial charge in [-0.3, -0.25) is 0 Å². The monoisotopic (exact) mass is 604 g/mol. The van der Waals surface area contributed by atoms with Crippen LogP contribution >= 0.6 is 0 Å². The van der Waals surface area contributed by atoms with Crippen LogP contribution in [0.3, 0.4) is 0 Å². The van der Waals surface area contributed by atoms with Crippen molar-refractivity contribution in [1.29, 1.82) is 0 Å². The summed E-state index contributed by atoms with van der Waals surface area (Å²) in [6.07, 6.45) is 0. The molecule has 0 unspecified atom stereocenters. The summed E-state index contributed by atoms with van der Waals surface area (Å²) in [4.78, 5) is 0. The molecule has 0 bridgehead atoms. The van der Waals surface area contributed by atoms with Crippen LogP contribution in [0.5, 0.6) is 0 Å². The smallest absolute Gasteiger partial charge is 0.0226 e. The molecule has 2 aliphatic carbocycles. The van der Waals surface area contributed by atoms with Gasteiger partial charge in [-0.1, -0.05) is 75.4 Å². The third-order valence-corrected chi connectivity index (χ3v) is 13.4. The van der Waals surface area contributed by atoms with Crippen LogP contribution < -0.4 is 0 Å². The summed E-state index contributed by atoms with van der Waals surface area (Å²) in [5, 5.41) is 0. The second-order valence-electron chi connectivity index (χ2n) is 11.1. The molecule has 181 valence electrons. The molecular weight excluding hydrogens is 555 g/mol. The zero-order valence-corrected chi connectivity index (χ0v) is 26.5. The van der Waals surface area contributed by atoms with E-state index in [9.17, 15) is 0 Å². The van der Waals surface area contributed by atoms with E-state index in [1.165, 1.54) is 56.4 Å². The van der Waals surface area contributed by atoms with E-state index >= 15 is 0 Å². The molecule has 0 amide bonds. The van der Waals surface area contributed by atoms with Crippen molar-refractivity contribution in [3.63, 3.8) is 0 Å². The maximum atomic E-state index is 2.65.